The summed E-state index contributed by atoms with van der Waals surface area (Å²) in [5.74, 6) is 0. The molecule has 0 amide bonds. The van der Waals surface area contributed by atoms with Gasteiger partial charge in [0.15, 0.2) is 0 Å². The van der Waals surface area contributed by atoms with Crippen molar-refractivity contribution in [2.45, 2.75) is 77.8 Å². The average molecular weight is 1020 g/mol. The Labute approximate surface area is 404 Å². The molecule has 6 heteroatoms. The third-order valence-corrected chi connectivity index (χ3v) is 11.6. The molecule has 4 aromatic heterocycles. The van der Waals surface area contributed by atoms with Gasteiger partial charge in [-0.05, 0) is 107 Å². The number of furan rings is 1. The minimum Gasteiger partial charge on any atom is -0.500 e. The molecule has 9 aromatic rings. The minimum absolute atomic E-state index is 0. The van der Waals surface area contributed by atoms with Gasteiger partial charge in [0, 0.05) is 43.2 Å². The number of nitrogens with zero attached hydrogens (tertiary/aromatic N) is 4. The van der Waals surface area contributed by atoms with E-state index in [1.807, 2.05) is 97.3 Å². The van der Waals surface area contributed by atoms with Crippen molar-refractivity contribution in [3.05, 3.63) is 208 Å². The van der Waals surface area contributed by atoms with Gasteiger partial charge in [0.25, 0.3) is 0 Å². The first-order chi connectivity index (χ1) is 34.4. The van der Waals surface area contributed by atoms with Crippen molar-refractivity contribution >= 4 is 21.9 Å². The summed E-state index contributed by atoms with van der Waals surface area (Å²) in [6, 6.07) is 47.4. The van der Waals surface area contributed by atoms with E-state index in [4.69, 9.17) is 22.6 Å². The van der Waals surface area contributed by atoms with Gasteiger partial charge in [0.05, 0.1) is 17.2 Å². The van der Waals surface area contributed by atoms with Crippen molar-refractivity contribution in [3.63, 3.8) is 0 Å². The summed E-state index contributed by atoms with van der Waals surface area (Å²) in [7, 11) is 0. The van der Waals surface area contributed by atoms with Crippen molar-refractivity contribution in [1.29, 1.82) is 5.26 Å². The Hall–Kier alpha value is -6.51. The normalized spacial score (nSPS) is 14.9. The Morgan fingerprint density at radius 1 is 0.625 bits per heavy atom. The molecule has 316 valence electrons. The topological polar surface area (TPSA) is 75.6 Å². The summed E-state index contributed by atoms with van der Waals surface area (Å²) < 4.78 is 95.6. The van der Waals surface area contributed by atoms with E-state index < -0.39 is 48.4 Å². The van der Waals surface area contributed by atoms with Gasteiger partial charge in [-0.3, -0.25) is 0 Å². The fourth-order valence-corrected chi connectivity index (χ4v) is 8.20. The Morgan fingerprint density at radius 2 is 1.23 bits per heavy atom. The van der Waals surface area contributed by atoms with E-state index in [0.29, 0.717) is 23.6 Å². The average Bonchev–Trinajstić information content (AvgIpc) is 3.74. The van der Waals surface area contributed by atoms with Gasteiger partial charge in [0.2, 0.25) is 0 Å². The molecule has 0 saturated heterocycles. The van der Waals surface area contributed by atoms with Crippen LogP contribution in [0.3, 0.4) is 0 Å². The van der Waals surface area contributed by atoms with Crippen LogP contribution >= 0.6 is 0 Å². The van der Waals surface area contributed by atoms with Crippen molar-refractivity contribution < 1.29 is 38.2 Å². The molecule has 0 aliphatic carbocycles. The molecule has 0 radical (unpaired) electrons. The SMILES string of the molecule is [2H]C([2H])([2H])c1cc(-c2[c-]ccc3c2oc2c(C([2H])([2H])[2H])c(C#N)ccc23)ncc1C([2H])([2H])C([2H])([2H])c1cc(CC(C)(C)c2ccc(-c3[c-]cccc3)nc2)cc(CC(C)(C)c2ccc(-c3[c-]cccc3)nc2)c1.[Ir+3]. The summed E-state index contributed by atoms with van der Waals surface area (Å²) in [4.78, 5) is 14.1. The number of nitriles is 1. The molecule has 0 aliphatic heterocycles. The standard InChI is InChI=1S/C58H49N4O.Ir/c1-38-28-54(51-19-13-18-49-50-25-22-45(34-59)39(2)55(50)63-56(49)51)60-35-46(38)21-20-40-29-41(32-57(3,4)47-23-26-52(61-36-47)43-14-9-7-10-15-43)31-42(30-40)33-58(5,6)48-24-27-53(62-37-48)44-16-11-8-12-17-44;/h7-14,16,18,22-31,35-37H,20-21,32-33H2,1-6H3;/q-3;+3/i1D3,2D3,20D2,21D2;. The summed E-state index contributed by atoms with van der Waals surface area (Å²) in [5, 5.41) is 10.7. The second-order valence-electron chi connectivity index (χ2n) is 17.1. The fourth-order valence-electron chi connectivity index (χ4n) is 8.20. The van der Waals surface area contributed by atoms with Gasteiger partial charge in [-0.1, -0.05) is 98.8 Å². The van der Waals surface area contributed by atoms with Gasteiger partial charge in [-0.2, -0.15) is 5.26 Å². The van der Waals surface area contributed by atoms with Crippen molar-refractivity contribution in [1.82, 2.24) is 15.0 Å². The van der Waals surface area contributed by atoms with E-state index in [9.17, 15) is 10.7 Å². The molecule has 0 aliphatic rings. The second kappa shape index (κ2) is 18.3. The molecule has 0 unspecified atom stereocenters. The van der Waals surface area contributed by atoms with E-state index in [0.717, 1.165) is 51.0 Å². The second-order valence-corrected chi connectivity index (χ2v) is 17.1. The van der Waals surface area contributed by atoms with Crippen molar-refractivity contribution in [2.75, 3.05) is 0 Å². The molecule has 4 heterocycles. The van der Waals surface area contributed by atoms with Crippen LogP contribution in [0, 0.1) is 43.2 Å². The Balaban J connectivity index is 0.00000729. The maximum atomic E-state index is 9.78. The number of hydrogen-bond donors (Lipinski definition) is 0. The summed E-state index contributed by atoms with van der Waals surface area (Å²) in [6.07, 6.45) is -0.257. The van der Waals surface area contributed by atoms with Crippen LogP contribution in [0.4, 0.5) is 0 Å². The molecule has 0 saturated carbocycles. The largest absolute Gasteiger partial charge is 3.00 e. The number of fused-ring (bicyclic) bond motifs is 3. The number of pyridine rings is 3. The summed E-state index contributed by atoms with van der Waals surface area (Å²) >= 11 is 0. The number of aromatic nitrogens is 3. The van der Waals surface area contributed by atoms with Crippen LogP contribution in [-0.2, 0) is 56.5 Å². The minimum atomic E-state index is -2.98. The van der Waals surface area contributed by atoms with Gasteiger partial charge >= 0.3 is 20.1 Å². The molecular formula is C58H49IrN4O. The van der Waals surface area contributed by atoms with Gasteiger partial charge < -0.3 is 19.4 Å². The molecule has 64 heavy (non-hydrogen) atoms. The van der Waals surface area contributed by atoms with Crippen LogP contribution in [0.1, 0.15) is 91.5 Å². The molecule has 0 fully saturated rings. The Bertz CT molecular complexity index is 3430. The molecule has 0 N–H and O–H groups in total. The first-order valence-electron chi connectivity index (χ1n) is 25.7. The van der Waals surface area contributed by atoms with E-state index in [1.54, 1.807) is 30.3 Å². The number of hydrogen-bond acceptors (Lipinski definition) is 5. The Kier molecular flexibility index (Phi) is 9.45. The van der Waals surface area contributed by atoms with E-state index >= 15 is 0 Å². The first-order valence-corrected chi connectivity index (χ1v) is 20.7. The zero-order chi connectivity index (χ0) is 52.3. The van der Waals surface area contributed by atoms with E-state index in [-0.39, 0.29) is 59.2 Å². The third-order valence-electron chi connectivity index (χ3n) is 11.6. The van der Waals surface area contributed by atoms with E-state index in [1.165, 1.54) is 12.1 Å². The molecule has 9 rings (SSSR count). The van der Waals surface area contributed by atoms with Crippen LogP contribution in [0.15, 0.2) is 144 Å². The monoisotopic (exact) mass is 1020 g/mol. The Morgan fingerprint density at radius 3 is 1.78 bits per heavy atom. The molecule has 0 atom stereocenters. The van der Waals surface area contributed by atoms with Crippen LogP contribution in [0.5, 0.6) is 0 Å². The van der Waals surface area contributed by atoms with Crippen LogP contribution in [0.2, 0.25) is 0 Å². The number of benzene rings is 5. The smallest absolute Gasteiger partial charge is 0.500 e. The third kappa shape index (κ3) is 9.11. The predicted molar refractivity (Wildman–Crippen MR) is 254 cm³/mol. The summed E-state index contributed by atoms with van der Waals surface area (Å²) in [6.45, 7) is 2.65. The van der Waals surface area contributed by atoms with Crippen molar-refractivity contribution in [2.24, 2.45) is 0 Å². The van der Waals surface area contributed by atoms with Crippen LogP contribution in [-0.4, -0.2) is 15.0 Å². The molecule has 5 nitrogen and oxygen atoms in total. The molecule has 5 aromatic carbocycles. The van der Waals surface area contributed by atoms with Crippen LogP contribution < -0.4 is 0 Å². The number of rotatable bonds is 12. The van der Waals surface area contributed by atoms with Gasteiger partial charge in [-0.15, -0.1) is 90.0 Å². The van der Waals surface area contributed by atoms with Crippen LogP contribution in [0.25, 0.3) is 55.7 Å². The van der Waals surface area contributed by atoms with Crippen molar-refractivity contribution in [3.8, 4) is 39.8 Å². The van der Waals surface area contributed by atoms with E-state index in [2.05, 4.69) is 50.9 Å². The maximum absolute atomic E-state index is 9.78. The first kappa shape index (κ1) is 33.1. The van der Waals surface area contributed by atoms with Gasteiger partial charge in [-0.25, -0.2) is 0 Å². The van der Waals surface area contributed by atoms with Gasteiger partial charge in [0.1, 0.15) is 5.58 Å². The predicted octanol–water partition coefficient (Wildman–Crippen LogP) is 13.5. The fraction of sp³-hybridized carbons (Fsp3) is 0.207. The molecule has 0 spiro atoms. The summed E-state index contributed by atoms with van der Waals surface area (Å²) in [5.41, 5.74) is 4.57. The zero-order valence-corrected chi connectivity index (χ0v) is 38.1. The zero-order valence-electron chi connectivity index (χ0n) is 45.7. The quantitative estimate of drug-likeness (QED) is 0.114. The number of aryl methyl sites for hydroxylation is 4. The molecule has 0 bridgehead atoms. The molecular weight excluding hydrogens is 961 g/mol. The maximum Gasteiger partial charge on any atom is 3.00 e.